The van der Waals surface area contributed by atoms with E-state index in [-0.39, 0.29) is 5.91 Å². The van der Waals surface area contributed by atoms with Crippen molar-refractivity contribution < 1.29 is 4.79 Å². The fourth-order valence-electron chi connectivity index (χ4n) is 2.28. The lowest BCUT2D eigenvalue weighted by molar-refractivity contribution is -0.116. The van der Waals surface area contributed by atoms with E-state index in [4.69, 9.17) is 0 Å². The van der Waals surface area contributed by atoms with E-state index in [0.29, 0.717) is 6.42 Å². The van der Waals surface area contributed by atoms with Crippen LogP contribution in [0.3, 0.4) is 0 Å². The van der Waals surface area contributed by atoms with Gasteiger partial charge in [-0.15, -0.1) is 0 Å². The second kappa shape index (κ2) is 7.07. The summed E-state index contributed by atoms with van der Waals surface area (Å²) in [7, 11) is 0. The molecule has 0 aromatic heterocycles. The summed E-state index contributed by atoms with van der Waals surface area (Å²) in [6, 6.07) is 14.6. The number of rotatable bonds is 5. The summed E-state index contributed by atoms with van der Waals surface area (Å²) in [6.45, 7) is 6.19. The lowest BCUT2D eigenvalue weighted by Gasteiger charge is -2.09. The van der Waals surface area contributed by atoms with E-state index >= 15 is 0 Å². The van der Waals surface area contributed by atoms with Crippen LogP contribution < -0.4 is 5.32 Å². The highest BCUT2D eigenvalue weighted by Gasteiger charge is 2.05. The van der Waals surface area contributed by atoms with Gasteiger partial charge in [-0.3, -0.25) is 4.79 Å². The third kappa shape index (κ3) is 4.45. The van der Waals surface area contributed by atoms with E-state index in [9.17, 15) is 4.79 Å². The first-order valence-electron chi connectivity index (χ1n) is 7.53. The van der Waals surface area contributed by atoms with E-state index in [2.05, 4.69) is 42.6 Å². The Morgan fingerprint density at radius 1 is 1.00 bits per heavy atom. The SMILES string of the molecule is CCc1ccc(CCC(=O)Nc2cc(C)ccc2C)cc1. The maximum absolute atomic E-state index is 12.1. The zero-order chi connectivity index (χ0) is 15.2. The van der Waals surface area contributed by atoms with Crippen molar-refractivity contribution in [1.82, 2.24) is 0 Å². The lowest BCUT2D eigenvalue weighted by Crippen LogP contribution is -2.13. The number of aryl methyl sites for hydroxylation is 4. The van der Waals surface area contributed by atoms with Crippen molar-refractivity contribution in [3.63, 3.8) is 0 Å². The van der Waals surface area contributed by atoms with Crippen molar-refractivity contribution in [3.8, 4) is 0 Å². The third-order valence-electron chi connectivity index (χ3n) is 3.74. The number of nitrogens with one attached hydrogen (secondary N) is 1. The number of amides is 1. The molecule has 110 valence electrons. The normalized spacial score (nSPS) is 10.4. The Balaban J connectivity index is 1.91. The molecule has 0 bridgehead atoms. The highest BCUT2D eigenvalue weighted by atomic mass is 16.1. The van der Waals surface area contributed by atoms with Crippen LogP contribution in [0.2, 0.25) is 0 Å². The molecule has 2 aromatic carbocycles. The minimum atomic E-state index is 0.0725. The number of carbonyl (C=O) groups excluding carboxylic acids is 1. The predicted octanol–water partition coefficient (Wildman–Crippen LogP) is 4.44. The highest BCUT2D eigenvalue weighted by Crippen LogP contribution is 2.17. The molecule has 0 unspecified atom stereocenters. The molecule has 0 saturated carbocycles. The van der Waals surface area contributed by atoms with Gasteiger partial charge in [0.1, 0.15) is 0 Å². The number of anilines is 1. The highest BCUT2D eigenvalue weighted by molar-refractivity contribution is 5.91. The molecule has 0 radical (unpaired) electrons. The molecule has 2 rings (SSSR count). The van der Waals surface area contributed by atoms with Crippen LogP contribution in [-0.4, -0.2) is 5.91 Å². The summed E-state index contributed by atoms with van der Waals surface area (Å²) in [5.41, 5.74) is 5.72. The van der Waals surface area contributed by atoms with Gasteiger partial charge in [-0.05, 0) is 55.0 Å². The van der Waals surface area contributed by atoms with E-state index in [1.807, 2.05) is 26.0 Å². The monoisotopic (exact) mass is 281 g/mol. The Bertz CT molecular complexity index is 614. The zero-order valence-electron chi connectivity index (χ0n) is 13.1. The van der Waals surface area contributed by atoms with Gasteiger partial charge in [0.05, 0.1) is 0 Å². The Morgan fingerprint density at radius 2 is 1.67 bits per heavy atom. The molecule has 0 atom stereocenters. The van der Waals surface area contributed by atoms with Gasteiger partial charge in [0.25, 0.3) is 0 Å². The molecule has 0 aliphatic carbocycles. The van der Waals surface area contributed by atoms with E-state index in [0.717, 1.165) is 29.7 Å². The largest absolute Gasteiger partial charge is 0.326 e. The van der Waals surface area contributed by atoms with Gasteiger partial charge in [-0.1, -0.05) is 43.3 Å². The number of hydrogen-bond donors (Lipinski definition) is 1. The Morgan fingerprint density at radius 3 is 2.33 bits per heavy atom. The van der Waals surface area contributed by atoms with Crippen LogP contribution in [0.25, 0.3) is 0 Å². The summed E-state index contributed by atoms with van der Waals surface area (Å²) in [6.07, 6.45) is 2.34. The number of benzene rings is 2. The first kappa shape index (κ1) is 15.3. The molecule has 1 amide bonds. The van der Waals surface area contributed by atoms with Crippen molar-refractivity contribution in [3.05, 3.63) is 64.7 Å². The van der Waals surface area contributed by atoms with Crippen molar-refractivity contribution in [2.45, 2.75) is 40.0 Å². The van der Waals surface area contributed by atoms with Crippen molar-refractivity contribution >= 4 is 11.6 Å². The molecule has 2 heteroatoms. The summed E-state index contributed by atoms with van der Waals surface area (Å²) < 4.78 is 0. The summed E-state index contributed by atoms with van der Waals surface area (Å²) in [5, 5.41) is 3.00. The summed E-state index contributed by atoms with van der Waals surface area (Å²) in [5.74, 6) is 0.0725. The Hall–Kier alpha value is -2.09. The molecule has 0 aliphatic heterocycles. The smallest absolute Gasteiger partial charge is 0.224 e. The molecular formula is C19H23NO. The third-order valence-corrected chi connectivity index (χ3v) is 3.74. The van der Waals surface area contributed by atoms with Gasteiger partial charge in [-0.25, -0.2) is 0 Å². The average molecular weight is 281 g/mol. The number of carbonyl (C=O) groups is 1. The predicted molar refractivity (Wildman–Crippen MR) is 88.7 cm³/mol. The molecule has 2 aromatic rings. The Labute approximate surface area is 127 Å². The van der Waals surface area contributed by atoms with Gasteiger partial charge in [0.15, 0.2) is 0 Å². The minimum Gasteiger partial charge on any atom is -0.326 e. The molecule has 1 N–H and O–H groups in total. The van der Waals surface area contributed by atoms with Crippen LogP contribution in [0, 0.1) is 13.8 Å². The number of hydrogen-bond acceptors (Lipinski definition) is 1. The van der Waals surface area contributed by atoms with Crippen LogP contribution in [0.4, 0.5) is 5.69 Å². The summed E-state index contributed by atoms with van der Waals surface area (Å²) >= 11 is 0. The molecule has 0 heterocycles. The average Bonchev–Trinajstić information content (AvgIpc) is 2.49. The molecule has 0 fully saturated rings. The molecular weight excluding hydrogens is 258 g/mol. The molecule has 0 spiro atoms. The van der Waals surface area contributed by atoms with Crippen molar-refractivity contribution in [2.24, 2.45) is 0 Å². The molecule has 21 heavy (non-hydrogen) atoms. The zero-order valence-corrected chi connectivity index (χ0v) is 13.1. The summed E-state index contributed by atoms with van der Waals surface area (Å²) in [4.78, 5) is 12.1. The maximum Gasteiger partial charge on any atom is 0.224 e. The van der Waals surface area contributed by atoms with E-state index in [1.54, 1.807) is 0 Å². The molecule has 2 nitrogen and oxygen atoms in total. The van der Waals surface area contributed by atoms with E-state index in [1.165, 1.54) is 11.1 Å². The van der Waals surface area contributed by atoms with Crippen LogP contribution >= 0.6 is 0 Å². The standard InChI is InChI=1S/C19H23NO/c1-4-16-7-9-17(10-8-16)11-12-19(21)20-18-13-14(2)5-6-15(18)3/h5-10,13H,4,11-12H2,1-3H3,(H,20,21). The topological polar surface area (TPSA) is 29.1 Å². The van der Waals surface area contributed by atoms with Crippen molar-refractivity contribution in [1.29, 1.82) is 0 Å². The van der Waals surface area contributed by atoms with Crippen LogP contribution in [0.5, 0.6) is 0 Å². The van der Waals surface area contributed by atoms with Gasteiger partial charge in [-0.2, -0.15) is 0 Å². The van der Waals surface area contributed by atoms with Gasteiger partial charge >= 0.3 is 0 Å². The quantitative estimate of drug-likeness (QED) is 0.862. The first-order chi connectivity index (χ1) is 10.1. The Kier molecular flexibility index (Phi) is 5.15. The van der Waals surface area contributed by atoms with Gasteiger partial charge in [0, 0.05) is 12.1 Å². The maximum atomic E-state index is 12.1. The van der Waals surface area contributed by atoms with Gasteiger partial charge in [0.2, 0.25) is 5.91 Å². The molecule has 0 aliphatic rings. The second-order valence-corrected chi connectivity index (χ2v) is 5.54. The second-order valence-electron chi connectivity index (χ2n) is 5.54. The lowest BCUT2D eigenvalue weighted by atomic mass is 10.1. The van der Waals surface area contributed by atoms with E-state index < -0.39 is 0 Å². The van der Waals surface area contributed by atoms with Gasteiger partial charge < -0.3 is 5.32 Å². The first-order valence-corrected chi connectivity index (χ1v) is 7.53. The fraction of sp³-hybridized carbons (Fsp3) is 0.316. The molecule has 0 saturated heterocycles. The van der Waals surface area contributed by atoms with Crippen LogP contribution in [-0.2, 0) is 17.6 Å². The van der Waals surface area contributed by atoms with Crippen molar-refractivity contribution in [2.75, 3.05) is 5.32 Å². The van der Waals surface area contributed by atoms with Crippen LogP contribution in [0.15, 0.2) is 42.5 Å². The minimum absolute atomic E-state index is 0.0725. The van der Waals surface area contributed by atoms with Crippen LogP contribution in [0.1, 0.15) is 35.6 Å². The fourth-order valence-corrected chi connectivity index (χ4v) is 2.28.